The van der Waals surface area contributed by atoms with Crippen LogP contribution in [0.5, 0.6) is 0 Å². The van der Waals surface area contributed by atoms with Crippen molar-refractivity contribution >= 4 is 11.6 Å². The number of hydrogen-bond acceptors (Lipinski definition) is 3. The normalized spacial score (nSPS) is 14.9. The van der Waals surface area contributed by atoms with E-state index < -0.39 is 6.10 Å². The molecule has 1 unspecified atom stereocenters. The molecule has 1 saturated carbocycles. The highest BCUT2D eigenvalue weighted by Gasteiger charge is 2.34. The van der Waals surface area contributed by atoms with Crippen LogP contribution in [0.3, 0.4) is 0 Å². The number of nitrogens with zero attached hydrogens (tertiary/aromatic N) is 2. The number of aliphatic hydroxyl groups excluding tert-OH is 1. The fourth-order valence-electron chi connectivity index (χ4n) is 2.84. The molecule has 1 aliphatic rings. The zero-order valence-corrected chi connectivity index (χ0v) is 14.5. The Bertz CT molecular complexity index is 742. The van der Waals surface area contributed by atoms with E-state index in [1.165, 1.54) is 12.1 Å². The highest BCUT2D eigenvalue weighted by Crippen LogP contribution is 2.31. The van der Waals surface area contributed by atoms with Gasteiger partial charge >= 0.3 is 0 Å². The summed E-state index contributed by atoms with van der Waals surface area (Å²) in [6.45, 7) is 0.210. The molecule has 3 rings (SSSR count). The monoisotopic (exact) mass is 342 g/mol. The summed E-state index contributed by atoms with van der Waals surface area (Å²) in [6, 6.07) is 13.4. The first-order chi connectivity index (χ1) is 12.0. The fourth-order valence-corrected chi connectivity index (χ4v) is 2.84. The van der Waals surface area contributed by atoms with Crippen LogP contribution in [-0.4, -0.2) is 42.6 Å². The number of carbonyl (C=O) groups is 1. The molecule has 2 aromatic rings. The van der Waals surface area contributed by atoms with Gasteiger partial charge in [-0.3, -0.25) is 4.79 Å². The molecule has 4 nitrogen and oxygen atoms in total. The lowest BCUT2D eigenvalue weighted by Crippen LogP contribution is -2.36. The molecule has 5 heteroatoms. The van der Waals surface area contributed by atoms with Crippen molar-refractivity contribution < 1.29 is 14.3 Å². The molecular formula is C20H23FN2O2. The summed E-state index contributed by atoms with van der Waals surface area (Å²) in [6.07, 6.45) is 1.08. The van der Waals surface area contributed by atoms with Gasteiger partial charge in [0.2, 0.25) is 0 Å². The molecule has 25 heavy (non-hydrogen) atoms. The maximum atomic E-state index is 13.1. The Labute approximate surface area is 147 Å². The van der Waals surface area contributed by atoms with Gasteiger partial charge in [0.25, 0.3) is 5.91 Å². The molecule has 0 spiro atoms. The Morgan fingerprint density at radius 1 is 1.20 bits per heavy atom. The van der Waals surface area contributed by atoms with E-state index >= 15 is 0 Å². The van der Waals surface area contributed by atoms with Crippen LogP contribution in [0.1, 0.15) is 34.9 Å². The average Bonchev–Trinajstić information content (AvgIpc) is 3.44. The van der Waals surface area contributed by atoms with Crippen LogP contribution in [0.15, 0.2) is 48.5 Å². The maximum Gasteiger partial charge on any atom is 0.254 e. The van der Waals surface area contributed by atoms with Crippen LogP contribution in [-0.2, 0) is 0 Å². The summed E-state index contributed by atoms with van der Waals surface area (Å²) in [5.74, 6) is -0.418. The van der Waals surface area contributed by atoms with E-state index in [0.717, 1.165) is 18.5 Å². The summed E-state index contributed by atoms with van der Waals surface area (Å²) in [5.41, 5.74) is 2.19. The second kappa shape index (κ2) is 7.23. The first-order valence-electron chi connectivity index (χ1n) is 8.47. The second-order valence-corrected chi connectivity index (χ2v) is 6.70. The Balaban J connectivity index is 1.78. The third kappa shape index (κ3) is 4.17. The molecule has 132 valence electrons. The van der Waals surface area contributed by atoms with Gasteiger partial charge in [-0.15, -0.1) is 0 Å². The molecule has 1 fully saturated rings. The topological polar surface area (TPSA) is 43.8 Å². The van der Waals surface area contributed by atoms with Gasteiger partial charge in [0, 0.05) is 31.4 Å². The predicted molar refractivity (Wildman–Crippen MR) is 96.2 cm³/mol. The smallest absolute Gasteiger partial charge is 0.254 e. The predicted octanol–water partition coefficient (Wildman–Crippen LogP) is 3.23. The minimum absolute atomic E-state index is 0.0765. The minimum Gasteiger partial charge on any atom is -0.387 e. The van der Waals surface area contributed by atoms with Gasteiger partial charge in [-0.2, -0.15) is 0 Å². The van der Waals surface area contributed by atoms with Crippen molar-refractivity contribution in [1.82, 2.24) is 4.90 Å². The van der Waals surface area contributed by atoms with E-state index in [2.05, 4.69) is 0 Å². The van der Waals surface area contributed by atoms with Gasteiger partial charge in [-0.25, -0.2) is 4.39 Å². The number of halogens is 1. The Morgan fingerprint density at radius 2 is 1.88 bits per heavy atom. The number of hydrogen-bond donors (Lipinski definition) is 1. The van der Waals surface area contributed by atoms with Gasteiger partial charge in [-0.05, 0) is 48.7 Å². The van der Waals surface area contributed by atoms with E-state index in [1.807, 2.05) is 37.2 Å². The molecule has 1 amide bonds. The van der Waals surface area contributed by atoms with Gasteiger partial charge in [-0.1, -0.05) is 18.2 Å². The summed E-state index contributed by atoms with van der Waals surface area (Å²) in [7, 11) is 3.86. The zero-order chi connectivity index (χ0) is 18.0. The van der Waals surface area contributed by atoms with Gasteiger partial charge in [0.1, 0.15) is 5.82 Å². The summed E-state index contributed by atoms with van der Waals surface area (Å²) in [5, 5.41) is 10.5. The van der Waals surface area contributed by atoms with Crippen LogP contribution in [0.25, 0.3) is 0 Å². The Kier molecular flexibility index (Phi) is 5.04. The lowest BCUT2D eigenvalue weighted by molar-refractivity contribution is 0.0603. The number of benzene rings is 2. The van der Waals surface area contributed by atoms with Crippen LogP contribution < -0.4 is 4.90 Å². The second-order valence-electron chi connectivity index (χ2n) is 6.70. The van der Waals surface area contributed by atoms with Gasteiger partial charge < -0.3 is 14.9 Å². The van der Waals surface area contributed by atoms with Crippen molar-refractivity contribution in [2.45, 2.75) is 25.0 Å². The Morgan fingerprint density at radius 3 is 2.48 bits per heavy atom. The van der Waals surface area contributed by atoms with E-state index in [9.17, 15) is 14.3 Å². The fraction of sp³-hybridized carbons (Fsp3) is 0.350. The SMILES string of the molecule is CN(C)c1cccc(C(=O)N(CC(O)c2ccc(F)cc2)C2CC2)c1. The summed E-state index contributed by atoms with van der Waals surface area (Å²) < 4.78 is 13.1. The van der Waals surface area contributed by atoms with Crippen LogP contribution in [0.2, 0.25) is 0 Å². The van der Waals surface area contributed by atoms with Crippen LogP contribution >= 0.6 is 0 Å². The number of aliphatic hydroxyl groups is 1. The molecule has 1 N–H and O–H groups in total. The third-order valence-electron chi connectivity index (χ3n) is 4.48. The highest BCUT2D eigenvalue weighted by atomic mass is 19.1. The van der Waals surface area contributed by atoms with Crippen molar-refractivity contribution in [2.24, 2.45) is 0 Å². The number of carbonyl (C=O) groups excluding carboxylic acids is 1. The van der Waals surface area contributed by atoms with E-state index in [0.29, 0.717) is 11.1 Å². The van der Waals surface area contributed by atoms with Crippen molar-refractivity contribution in [3.63, 3.8) is 0 Å². The van der Waals surface area contributed by atoms with Crippen LogP contribution in [0.4, 0.5) is 10.1 Å². The van der Waals surface area contributed by atoms with Crippen LogP contribution in [0, 0.1) is 5.82 Å². The van der Waals surface area contributed by atoms with E-state index in [1.54, 1.807) is 23.1 Å². The molecule has 2 aromatic carbocycles. The standard InChI is InChI=1S/C20H23FN2O2/c1-22(2)18-5-3-4-15(12-18)20(25)23(17-10-11-17)13-19(24)14-6-8-16(21)9-7-14/h3-9,12,17,19,24H,10-11,13H2,1-2H3. The Hall–Kier alpha value is -2.40. The summed E-state index contributed by atoms with van der Waals surface area (Å²) in [4.78, 5) is 16.6. The quantitative estimate of drug-likeness (QED) is 0.876. The first-order valence-corrected chi connectivity index (χ1v) is 8.47. The third-order valence-corrected chi connectivity index (χ3v) is 4.48. The first kappa shape index (κ1) is 17.4. The summed E-state index contributed by atoms with van der Waals surface area (Å²) >= 11 is 0. The molecular weight excluding hydrogens is 319 g/mol. The highest BCUT2D eigenvalue weighted by molar-refractivity contribution is 5.95. The number of rotatable bonds is 6. The van der Waals surface area contributed by atoms with E-state index in [4.69, 9.17) is 0 Å². The molecule has 0 radical (unpaired) electrons. The van der Waals surface area contributed by atoms with Crippen molar-refractivity contribution in [2.75, 3.05) is 25.5 Å². The molecule has 0 bridgehead atoms. The number of amides is 1. The van der Waals surface area contributed by atoms with Gasteiger partial charge in [0.05, 0.1) is 12.6 Å². The minimum atomic E-state index is -0.831. The molecule has 0 heterocycles. The largest absolute Gasteiger partial charge is 0.387 e. The lowest BCUT2D eigenvalue weighted by Gasteiger charge is -2.26. The zero-order valence-electron chi connectivity index (χ0n) is 14.5. The van der Waals surface area contributed by atoms with Crippen molar-refractivity contribution in [1.29, 1.82) is 0 Å². The molecule has 0 aliphatic heterocycles. The maximum absolute atomic E-state index is 13.1. The van der Waals surface area contributed by atoms with Crippen molar-refractivity contribution in [3.05, 3.63) is 65.5 Å². The van der Waals surface area contributed by atoms with E-state index in [-0.39, 0.29) is 24.3 Å². The molecule has 1 atom stereocenters. The van der Waals surface area contributed by atoms with Gasteiger partial charge in [0.15, 0.2) is 0 Å². The molecule has 0 aromatic heterocycles. The lowest BCUT2D eigenvalue weighted by atomic mass is 10.1. The average molecular weight is 342 g/mol. The number of anilines is 1. The van der Waals surface area contributed by atoms with Crippen molar-refractivity contribution in [3.8, 4) is 0 Å². The molecule has 1 aliphatic carbocycles. The molecule has 0 saturated heterocycles.